The van der Waals surface area contributed by atoms with E-state index in [1.54, 1.807) is 6.92 Å². The highest BCUT2D eigenvalue weighted by Gasteiger charge is 2.39. The smallest absolute Gasteiger partial charge is 0.239 e. The second kappa shape index (κ2) is 5.73. The maximum absolute atomic E-state index is 11.9. The van der Waals surface area contributed by atoms with Crippen LogP contribution in [-0.2, 0) is 14.6 Å². The second-order valence-corrected chi connectivity index (χ2v) is 8.41. The van der Waals surface area contributed by atoms with E-state index in [0.717, 1.165) is 10.2 Å². The molecular weight excluding hydrogens is 344 g/mol. The van der Waals surface area contributed by atoms with Crippen LogP contribution in [0.2, 0.25) is 0 Å². The van der Waals surface area contributed by atoms with Gasteiger partial charge in [0, 0.05) is 10.2 Å². The molecule has 0 unspecified atom stereocenters. The number of sulfone groups is 1. The fraction of sp³-hybridized carbons (Fsp3) is 0.462. The van der Waals surface area contributed by atoms with E-state index in [2.05, 4.69) is 26.6 Å². The zero-order valence-electron chi connectivity index (χ0n) is 11.1. The molecule has 110 valence electrons. The van der Waals surface area contributed by atoms with Gasteiger partial charge in [-0.1, -0.05) is 15.9 Å². The Labute approximate surface area is 127 Å². The molecule has 7 heteroatoms. The number of halogens is 1. The summed E-state index contributed by atoms with van der Waals surface area (Å²) in [6.45, 7) is 1.90. The van der Waals surface area contributed by atoms with Crippen molar-refractivity contribution in [2.24, 2.45) is 0 Å². The van der Waals surface area contributed by atoms with Gasteiger partial charge in [0.25, 0.3) is 0 Å². The van der Waals surface area contributed by atoms with Crippen LogP contribution in [-0.4, -0.2) is 37.9 Å². The fourth-order valence-corrected chi connectivity index (χ4v) is 4.60. The third kappa shape index (κ3) is 4.21. The van der Waals surface area contributed by atoms with Crippen molar-refractivity contribution in [2.45, 2.75) is 18.9 Å². The summed E-state index contributed by atoms with van der Waals surface area (Å²) >= 11 is 3.34. The van der Waals surface area contributed by atoms with Crippen LogP contribution in [0.4, 0.5) is 5.69 Å². The second-order valence-electron chi connectivity index (χ2n) is 5.31. The number of benzene rings is 1. The Bertz CT molecular complexity index is 601. The lowest BCUT2D eigenvalue weighted by atomic mass is 10.0. The summed E-state index contributed by atoms with van der Waals surface area (Å²) in [7, 11) is -3.01. The minimum Gasteiger partial charge on any atom is -0.376 e. The molecule has 20 heavy (non-hydrogen) atoms. The predicted octanol–water partition coefficient (Wildman–Crippen LogP) is 1.55. The Balaban J connectivity index is 1.85. The molecule has 0 aliphatic carbocycles. The first-order chi connectivity index (χ1) is 9.28. The maximum Gasteiger partial charge on any atom is 0.239 e. The zero-order chi connectivity index (χ0) is 14.8. The molecule has 0 spiro atoms. The van der Waals surface area contributed by atoms with Gasteiger partial charge < -0.3 is 10.6 Å². The first kappa shape index (κ1) is 15.3. The molecule has 1 atom stereocenters. The minimum atomic E-state index is -3.01. The van der Waals surface area contributed by atoms with Crippen molar-refractivity contribution in [1.29, 1.82) is 0 Å². The van der Waals surface area contributed by atoms with Gasteiger partial charge in [0.15, 0.2) is 9.84 Å². The Morgan fingerprint density at radius 3 is 2.55 bits per heavy atom. The Morgan fingerprint density at radius 2 is 2.00 bits per heavy atom. The summed E-state index contributed by atoms with van der Waals surface area (Å²) in [6, 6.07) is 7.48. The lowest BCUT2D eigenvalue weighted by Crippen LogP contribution is -2.48. The highest BCUT2D eigenvalue weighted by molar-refractivity contribution is 9.10. The van der Waals surface area contributed by atoms with Crippen molar-refractivity contribution in [3.05, 3.63) is 28.7 Å². The third-order valence-corrected chi connectivity index (χ3v) is 5.67. The molecule has 0 saturated carbocycles. The van der Waals surface area contributed by atoms with Gasteiger partial charge in [-0.05, 0) is 37.6 Å². The van der Waals surface area contributed by atoms with E-state index in [9.17, 15) is 13.2 Å². The average molecular weight is 361 g/mol. The molecule has 1 saturated heterocycles. The standard InChI is InChI=1S/C13H17BrN2O3S/c1-13(6-7-20(18,19)9-13)16-12(17)8-15-11-4-2-10(14)3-5-11/h2-5,15H,6-9H2,1H3,(H,16,17)/t13-/m1/s1. The van der Waals surface area contributed by atoms with E-state index < -0.39 is 15.4 Å². The zero-order valence-corrected chi connectivity index (χ0v) is 13.6. The van der Waals surface area contributed by atoms with Crippen LogP contribution < -0.4 is 10.6 Å². The van der Waals surface area contributed by atoms with Crippen molar-refractivity contribution in [3.63, 3.8) is 0 Å². The van der Waals surface area contributed by atoms with Crippen LogP contribution in [0, 0.1) is 0 Å². The SMILES string of the molecule is C[C@@]1(NC(=O)CNc2ccc(Br)cc2)CCS(=O)(=O)C1. The van der Waals surface area contributed by atoms with Crippen LogP contribution in [0.3, 0.4) is 0 Å². The summed E-state index contributed by atoms with van der Waals surface area (Å²) in [5.74, 6) is -0.0407. The van der Waals surface area contributed by atoms with Crippen molar-refractivity contribution >= 4 is 37.4 Å². The normalized spacial score (nSPS) is 24.3. The number of hydrogen-bond acceptors (Lipinski definition) is 4. The van der Waals surface area contributed by atoms with Crippen LogP contribution in [0.15, 0.2) is 28.7 Å². The van der Waals surface area contributed by atoms with E-state index in [1.165, 1.54) is 0 Å². The molecule has 1 aliphatic rings. The van der Waals surface area contributed by atoms with Gasteiger partial charge in [-0.2, -0.15) is 0 Å². The van der Waals surface area contributed by atoms with Gasteiger partial charge >= 0.3 is 0 Å². The van der Waals surface area contributed by atoms with E-state index in [0.29, 0.717) is 6.42 Å². The number of nitrogens with one attached hydrogen (secondary N) is 2. The molecule has 0 aromatic heterocycles. The van der Waals surface area contributed by atoms with Crippen molar-refractivity contribution in [3.8, 4) is 0 Å². The van der Waals surface area contributed by atoms with Crippen LogP contribution in [0.5, 0.6) is 0 Å². The summed E-state index contributed by atoms with van der Waals surface area (Å²) in [5, 5.41) is 5.80. The summed E-state index contributed by atoms with van der Waals surface area (Å²) in [5.41, 5.74) is 0.199. The molecule has 1 heterocycles. The molecular formula is C13H17BrN2O3S. The largest absolute Gasteiger partial charge is 0.376 e. The molecule has 1 aromatic rings. The first-order valence-electron chi connectivity index (χ1n) is 6.29. The molecule has 1 fully saturated rings. The van der Waals surface area contributed by atoms with E-state index in [-0.39, 0.29) is 24.0 Å². The van der Waals surface area contributed by atoms with Gasteiger partial charge in [0.2, 0.25) is 5.91 Å². The maximum atomic E-state index is 11.9. The molecule has 0 bridgehead atoms. The van der Waals surface area contributed by atoms with Gasteiger partial charge in [-0.25, -0.2) is 8.42 Å². The molecule has 2 rings (SSSR count). The third-order valence-electron chi connectivity index (χ3n) is 3.24. The summed E-state index contributed by atoms with van der Waals surface area (Å²) in [6.07, 6.45) is 0.472. The van der Waals surface area contributed by atoms with Crippen LogP contribution >= 0.6 is 15.9 Å². The van der Waals surface area contributed by atoms with Gasteiger partial charge in [0.1, 0.15) is 0 Å². The van der Waals surface area contributed by atoms with Crippen molar-refractivity contribution in [2.75, 3.05) is 23.4 Å². The summed E-state index contributed by atoms with van der Waals surface area (Å²) < 4.78 is 23.9. The molecule has 1 aliphatic heterocycles. The quantitative estimate of drug-likeness (QED) is 0.854. The molecule has 0 radical (unpaired) electrons. The molecule has 1 aromatic carbocycles. The van der Waals surface area contributed by atoms with Gasteiger partial charge in [-0.3, -0.25) is 4.79 Å². The summed E-state index contributed by atoms with van der Waals surface area (Å²) in [4.78, 5) is 11.9. The number of rotatable bonds is 4. The van der Waals surface area contributed by atoms with E-state index >= 15 is 0 Å². The Morgan fingerprint density at radius 1 is 1.35 bits per heavy atom. The number of carbonyl (C=O) groups is 1. The monoisotopic (exact) mass is 360 g/mol. The lowest BCUT2D eigenvalue weighted by molar-refractivity contribution is -0.120. The number of hydrogen-bond donors (Lipinski definition) is 2. The molecule has 2 N–H and O–H groups in total. The Kier molecular flexibility index (Phi) is 4.39. The van der Waals surface area contributed by atoms with Gasteiger partial charge in [-0.15, -0.1) is 0 Å². The molecule has 1 amide bonds. The number of amides is 1. The van der Waals surface area contributed by atoms with Gasteiger partial charge in [0.05, 0.1) is 23.6 Å². The lowest BCUT2D eigenvalue weighted by Gasteiger charge is -2.24. The van der Waals surface area contributed by atoms with Crippen molar-refractivity contribution < 1.29 is 13.2 Å². The van der Waals surface area contributed by atoms with E-state index in [4.69, 9.17) is 0 Å². The fourth-order valence-electron chi connectivity index (χ4n) is 2.24. The number of carbonyl (C=O) groups excluding carboxylic acids is 1. The predicted molar refractivity (Wildman–Crippen MR) is 82.5 cm³/mol. The van der Waals surface area contributed by atoms with Crippen LogP contribution in [0.25, 0.3) is 0 Å². The topological polar surface area (TPSA) is 75.3 Å². The first-order valence-corrected chi connectivity index (χ1v) is 8.90. The average Bonchev–Trinajstić information content (AvgIpc) is 2.62. The highest BCUT2D eigenvalue weighted by atomic mass is 79.9. The van der Waals surface area contributed by atoms with Crippen LogP contribution in [0.1, 0.15) is 13.3 Å². The van der Waals surface area contributed by atoms with E-state index in [1.807, 2.05) is 24.3 Å². The van der Waals surface area contributed by atoms with Crippen molar-refractivity contribution in [1.82, 2.24) is 5.32 Å². The highest BCUT2D eigenvalue weighted by Crippen LogP contribution is 2.22. The minimum absolute atomic E-state index is 0.0179. The number of anilines is 1. The Hall–Kier alpha value is -1.08. The molecule has 5 nitrogen and oxygen atoms in total.